The van der Waals surface area contributed by atoms with Crippen LogP contribution in [-0.2, 0) is 9.53 Å². The summed E-state index contributed by atoms with van der Waals surface area (Å²) < 4.78 is 5.18. The van der Waals surface area contributed by atoms with Crippen molar-refractivity contribution in [3.8, 4) is 0 Å². The second-order valence-electron chi connectivity index (χ2n) is 8.40. The van der Waals surface area contributed by atoms with E-state index in [0.29, 0.717) is 13.0 Å². The zero-order valence-corrected chi connectivity index (χ0v) is 18.3. The first-order valence-electron chi connectivity index (χ1n) is 11.8. The number of rotatable bonds is 16. The van der Waals surface area contributed by atoms with E-state index in [9.17, 15) is 15.0 Å². The first-order chi connectivity index (χ1) is 13.6. The molecular formula is C24H44O4. The maximum absolute atomic E-state index is 11.6. The maximum Gasteiger partial charge on any atom is 0.305 e. The van der Waals surface area contributed by atoms with Crippen LogP contribution in [-0.4, -0.2) is 35.0 Å². The second-order valence-corrected chi connectivity index (χ2v) is 8.40. The highest BCUT2D eigenvalue weighted by Gasteiger charge is 2.29. The Bertz CT molecular complexity index is 432. The summed E-state index contributed by atoms with van der Waals surface area (Å²) >= 11 is 0. The number of aliphatic hydroxyl groups is 2. The number of unbranched alkanes of at least 4 members (excludes halogenated alkanes) is 6. The molecule has 28 heavy (non-hydrogen) atoms. The Labute approximate surface area is 172 Å². The van der Waals surface area contributed by atoms with Gasteiger partial charge in [0, 0.05) is 12.3 Å². The van der Waals surface area contributed by atoms with Gasteiger partial charge in [-0.15, -0.1) is 0 Å². The van der Waals surface area contributed by atoms with Crippen LogP contribution in [0.25, 0.3) is 0 Å². The highest BCUT2D eigenvalue weighted by atomic mass is 16.5. The van der Waals surface area contributed by atoms with Gasteiger partial charge in [-0.1, -0.05) is 70.4 Å². The van der Waals surface area contributed by atoms with Crippen molar-refractivity contribution < 1.29 is 19.7 Å². The quantitative estimate of drug-likeness (QED) is 0.199. The third-order valence-corrected chi connectivity index (χ3v) is 5.87. The first-order valence-corrected chi connectivity index (χ1v) is 11.8. The average Bonchev–Trinajstić information content (AvgIpc) is 3.03. The van der Waals surface area contributed by atoms with Crippen LogP contribution in [0.3, 0.4) is 0 Å². The Morgan fingerprint density at radius 3 is 2.61 bits per heavy atom. The Hall–Kier alpha value is -0.870. The Morgan fingerprint density at radius 2 is 1.86 bits per heavy atom. The molecular weight excluding hydrogens is 352 g/mol. The molecule has 2 N–H and O–H groups in total. The molecule has 0 amide bonds. The average molecular weight is 397 g/mol. The molecule has 0 spiro atoms. The van der Waals surface area contributed by atoms with Crippen LogP contribution in [0.1, 0.15) is 110 Å². The Kier molecular flexibility index (Phi) is 14.4. The number of carbonyl (C=O) groups excluding carboxylic acids is 1. The summed E-state index contributed by atoms with van der Waals surface area (Å²) in [5.41, 5.74) is 1.35. The number of esters is 1. The van der Waals surface area contributed by atoms with Crippen LogP contribution in [0.5, 0.6) is 0 Å². The molecule has 4 heteroatoms. The molecule has 164 valence electrons. The van der Waals surface area contributed by atoms with E-state index in [0.717, 1.165) is 77.0 Å². The summed E-state index contributed by atoms with van der Waals surface area (Å²) in [6.07, 6.45) is 16.3. The summed E-state index contributed by atoms with van der Waals surface area (Å²) in [4.78, 5) is 11.6. The summed E-state index contributed by atoms with van der Waals surface area (Å²) in [6.45, 7) is 4.82. The highest BCUT2D eigenvalue weighted by Crippen LogP contribution is 2.35. The van der Waals surface area contributed by atoms with Gasteiger partial charge in [-0.3, -0.25) is 4.79 Å². The minimum Gasteiger partial charge on any atom is -0.466 e. The molecule has 0 radical (unpaired) electrons. The second kappa shape index (κ2) is 16.0. The molecule has 0 bridgehead atoms. The Balaban J connectivity index is 2.19. The van der Waals surface area contributed by atoms with Crippen molar-refractivity contribution in [1.82, 2.24) is 0 Å². The van der Waals surface area contributed by atoms with Crippen LogP contribution in [0.2, 0.25) is 0 Å². The lowest BCUT2D eigenvalue weighted by Gasteiger charge is -2.17. The van der Waals surface area contributed by atoms with E-state index in [1.165, 1.54) is 18.4 Å². The summed E-state index contributed by atoms with van der Waals surface area (Å²) in [5.74, 6) is 0.198. The van der Waals surface area contributed by atoms with Crippen LogP contribution < -0.4 is 0 Å². The fourth-order valence-corrected chi connectivity index (χ4v) is 4.00. The van der Waals surface area contributed by atoms with E-state index in [1.54, 1.807) is 0 Å². The van der Waals surface area contributed by atoms with Gasteiger partial charge in [0.15, 0.2) is 0 Å². The van der Waals surface area contributed by atoms with Gasteiger partial charge in [-0.25, -0.2) is 0 Å². The van der Waals surface area contributed by atoms with Crippen molar-refractivity contribution in [1.29, 1.82) is 0 Å². The van der Waals surface area contributed by atoms with E-state index in [2.05, 4.69) is 19.9 Å². The molecule has 0 aromatic carbocycles. The maximum atomic E-state index is 11.6. The molecule has 1 aliphatic rings. The van der Waals surface area contributed by atoms with E-state index < -0.39 is 0 Å². The zero-order valence-electron chi connectivity index (χ0n) is 18.3. The van der Waals surface area contributed by atoms with E-state index in [1.807, 2.05) is 0 Å². The van der Waals surface area contributed by atoms with E-state index in [4.69, 9.17) is 4.74 Å². The molecule has 1 fully saturated rings. The van der Waals surface area contributed by atoms with Gasteiger partial charge >= 0.3 is 5.97 Å². The minimum atomic E-state index is -0.241. The van der Waals surface area contributed by atoms with Crippen molar-refractivity contribution >= 4 is 5.97 Å². The molecule has 0 saturated heterocycles. The lowest BCUT2D eigenvalue weighted by atomic mass is 9.92. The van der Waals surface area contributed by atoms with Crippen molar-refractivity contribution in [2.45, 2.75) is 122 Å². The van der Waals surface area contributed by atoms with Crippen LogP contribution >= 0.6 is 0 Å². The van der Waals surface area contributed by atoms with Gasteiger partial charge in [-0.05, 0) is 44.9 Å². The third-order valence-electron chi connectivity index (χ3n) is 5.87. The van der Waals surface area contributed by atoms with Crippen LogP contribution in [0.15, 0.2) is 11.6 Å². The molecule has 4 nitrogen and oxygen atoms in total. The number of hydrogen-bond donors (Lipinski definition) is 2. The molecule has 1 saturated carbocycles. The summed E-state index contributed by atoms with van der Waals surface area (Å²) in [5, 5.41) is 20.4. The van der Waals surface area contributed by atoms with Crippen molar-refractivity contribution in [2.24, 2.45) is 5.92 Å². The monoisotopic (exact) mass is 396 g/mol. The summed E-state index contributed by atoms with van der Waals surface area (Å²) in [7, 11) is 0. The molecule has 3 atom stereocenters. The Morgan fingerprint density at radius 1 is 1.11 bits per heavy atom. The predicted octanol–water partition coefficient (Wildman–Crippen LogP) is 5.70. The fraction of sp³-hybridized carbons (Fsp3) is 0.875. The largest absolute Gasteiger partial charge is 0.466 e. The first kappa shape index (κ1) is 25.2. The number of aliphatic hydroxyl groups excluding tert-OH is 2. The van der Waals surface area contributed by atoms with E-state index in [-0.39, 0.29) is 24.1 Å². The van der Waals surface area contributed by atoms with Crippen molar-refractivity contribution in [3.05, 3.63) is 11.6 Å². The molecule has 1 aliphatic carbocycles. The van der Waals surface area contributed by atoms with Gasteiger partial charge in [0.2, 0.25) is 0 Å². The van der Waals surface area contributed by atoms with Gasteiger partial charge in [0.25, 0.3) is 0 Å². The molecule has 1 rings (SSSR count). The minimum absolute atomic E-state index is 0.0672. The normalized spacial score (nSPS) is 21.9. The molecule has 0 heterocycles. The lowest BCUT2D eigenvalue weighted by molar-refractivity contribution is -0.143. The van der Waals surface area contributed by atoms with Crippen molar-refractivity contribution in [2.75, 3.05) is 6.61 Å². The molecule has 0 aliphatic heterocycles. The number of hydrogen-bond acceptors (Lipinski definition) is 4. The lowest BCUT2D eigenvalue weighted by Crippen LogP contribution is -2.14. The third kappa shape index (κ3) is 11.2. The summed E-state index contributed by atoms with van der Waals surface area (Å²) in [6, 6.07) is 0. The highest BCUT2D eigenvalue weighted by molar-refractivity contribution is 5.69. The molecule has 0 aromatic rings. The van der Waals surface area contributed by atoms with Crippen molar-refractivity contribution in [3.63, 3.8) is 0 Å². The number of carbonyl (C=O) groups is 1. The predicted molar refractivity (Wildman–Crippen MR) is 115 cm³/mol. The smallest absolute Gasteiger partial charge is 0.305 e. The SMILES string of the molecule is CCCCCC(O)CC=C1CC[C@@H](O)[C@@H]1CCCCCCC(=O)OCCCC. The van der Waals surface area contributed by atoms with Crippen LogP contribution in [0, 0.1) is 5.92 Å². The fourth-order valence-electron chi connectivity index (χ4n) is 4.00. The van der Waals surface area contributed by atoms with Crippen LogP contribution in [0.4, 0.5) is 0 Å². The van der Waals surface area contributed by atoms with Gasteiger partial charge in [0.05, 0.1) is 18.8 Å². The van der Waals surface area contributed by atoms with Gasteiger partial charge in [-0.2, -0.15) is 0 Å². The van der Waals surface area contributed by atoms with Gasteiger partial charge in [0.1, 0.15) is 0 Å². The number of ether oxygens (including phenoxy) is 1. The van der Waals surface area contributed by atoms with Gasteiger partial charge < -0.3 is 14.9 Å². The van der Waals surface area contributed by atoms with E-state index >= 15 is 0 Å². The standard InChI is InChI=1S/C24H44O4/c1-3-5-9-12-21(25)17-15-20-16-18-23(26)22(20)13-10-7-8-11-14-24(27)28-19-6-4-2/h15,21-23,25-26H,3-14,16-19H2,1-2H3/t21?,22-,23-/m1/s1. The topological polar surface area (TPSA) is 66.8 Å². The molecule has 0 aromatic heterocycles. The zero-order chi connectivity index (χ0) is 20.6. The molecule has 1 unspecified atom stereocenters.